The molecule has 1 aliphatic heterocycles. The van der Waals surface area contributed by atoms with E-state index in [2.05, 4.69) is 0 Å². The van der Waals surface area contributed by atoms with E-state index < -0.39 is 21.9 Å². The summed E-state index contributed by atoms with van der Waals surface area (Å²) >= 11 is 13.2. The smallest absolute Gasteiger partial charge is 0.345 e. The molecule has 6 nitrogen and oxygen atoms in total. The second-order valence-corrected chi connectivity index (χ2v) is 8.42. The van der Waals surface area contributed by atoms with Gasteiger partial charge in [0.25, 0.3) is 0 Å². The number of carboxylic acid groups (broad SMARTS) is 1. The number of thiophene rings is 1. The molecular weight excluding hydrogens is 387 g/mol. The molecular formula is C13H10Cl2O6S2. The molecule has 0 bridgehead atoms. The van der Waals surface area contributed by atoms with Gasteiger partial charge < -0.3 is 15.3 Å². The topological polar surface area (TPSA) is 112 Å². The van der Waals surface area contributed by atoms with Crippen LogP contribution < -0.4 is 4.74 Å². The molecule has 0 amide bonds. The van der Waals surface area contributed by atoms with Gasteiger partial charge in [0.1, 0.15) is 15.0 Å². The van der Waals surface area contributed by atoms with Crippen molar-refractivity contribution in [3.05, 3.63) is 39.2 Å². The average molecular weight is 397 g/mol. The predicted octanol–water partition coefficient (Wildman–Crippen LogP) is 2.45. The molecule has 0 spiro atoms. The van der Waals surface area contributed by atoms with Crippen molar-refractivity contribution < 1.29 is 28.5 Å². The van der Waals surface area contributed by atoms with Crippen LogP contribution in [0.3, 0.4) is 0 Å². The van der Waals surface area contributed by atoms with E-state index in [1.54, 1.807) is 11.4 Å². The van der Waals surface area contributed by atoms with E-state index in [1.165, 1.54) is 12.1 Å². The third-order valence-corrected chi connectivity index (χ3v) is 7.33. The van der Waals surface area contributed by atoms with Crippen LogP contribution in [-0.2, 0) is 21.1 Å². The lowest BCUT2D eigenvalue weighted by Crippen LogP contribution is -2.24. The summed E-state index contributed by atoms with van der Waals surface area (Å²) in [7, 11) is -3.81. The molecule has 1 aromatic carbocycles. The molecule has 1 unspecified atom stereocenters. The molecule has 0 saturated heterocycles. The van der Waals surface area contributed by atoms with Gasteiger partial charge in [-0.1, -0.05) is 29.3 Å². The van der Waals surface area contributed by atoms with Crippen molar-refractivity contribution in [2.45, 2.75) is 21.6 Å². The van der Waals surface area contributed by atoms with Crippen molar-refractivity contribution in [1.82, 2.24) is 0 Å². The van der Waals surface area contributed by atoms with Gasteiger partial charge >= 0.3 is 5.97 Å². The first-order chi connectivity index (χ1) is 10.3. The minimum Gasteiger partial charge on any atom is -0.478 e. The fraction of sp³-hybridized carbons (Fsp3) is 0.154. The second-order valence-electron chi connectivity index (χ2n) is 4.58. The summed E-state index contributed by atoms with van der Waals surface area (Å²) in [5.74, 6) is -1.02. The van der Waals surface area contributed by atoms with Crippen LogP contribution in [0.5, 0.6) is 5.75 Å². The molecule has 1 aromatic heterocycles. The average Bonchev–Trinajstić information content (AvgIpc) is 3.11. The van der Waals surface area contributed by atoms with Crippen molar-refractivity contribution in [3.8, 4) is 5.75 Å². The maximum atomic E-state index is 12.6. The normalized spacial score (nSPS) is 16.3. The molecule has 0 fully saturated rings. The van der Waals surface area contributed by atoms with Crippen molar-refractivity contribution in [2.75, 3.05) is 0 Å². The number of sulfone groups is 1. The summed E-state index contributed by atoms with van der Waals surface area (Å²) in [5.41, 5.74) is 0.414. The number of aliphatic carboxylic acids is 1. The number of hydrogen-bond acceptors (Lipinski definition) is 5. The van der Waals surface area contributed by atoms with Crippen LogP contribution in [0.15, 0.2) is 32.7 Å². The lowest BCUT2D eigenvalue weighted by atomic mass is 10.1. The Morgan fingerprint density at radius 3 is 2.61 bits per heavy atom. The monoisotopic (exact) mass is 396 g/mol. The number of halogens is 2. The van der Waals surface area contributed by atoms with Crippen molar-refractivity contribution in [2.24, 2.45) is 0 Å². The Morgan fingerprint density at radius 2 is 2.04 bits per heavy atom. The standard InChI is InChI=1S/C13H8Cl2O5S2.H2O/c14-10-8(22(18,19)9-2-1-3-21-9)5-6-4-7(13(16)17)20-12(6)11(10)15;/h1-3,5,7H,4H2,(H,16,17);1H2. The highest BCUT2D eigenvalue weighted by atomic mass is 35.5. The van der Waals surface area contributed by atoms with Crippen LogP contribution >= 0.6 is 34.5 Å². The number of ether oxygens (including phenoxy) is 1. The van der Waals surface area contributed by atoms with Gasteiger partial charge in [0.05, 0.1) is 9.92 Å². The molecule has 23 heavy (non-hydrogen) atoms. The second kappa shape index (κ2) is 6.29. The highest BCUT2D eigenvalue weighted by Crippen LogP contribution is 2.45. The summed E-state index contributed by atoms with van der Waals surface area (Å²) < 4.78 is 30.6. The van der Waals surface area contributed by atoms with Crippen LogP contribution in [0.1, 0.15) is 5.56 Å². The third-order valence-electron chi connectivity index (χ3n) is 3.20. The minimum absolute atomic E-state index is 0. The fourth-order valence-corrected chi connectivity index (χ4v) is 5.43. The van der Waals surface area contributed by atoms with Crippen molar-refractivity contribution >= 4 is 50.3 Å². The number of benzene rings is 1. The molecule has 0 aliphatic carbocycles. The van der Waals surface area contributed by atoms with Gasteiger partial charge in [-0.15, -0.1) is 11.3 Å². The van der Waals surface area contributed by atoms with E-state index in [4.69, 9.17) is 33.0 Å². The summed E-state index contributed by atoms with van der Waals surface area (Å²) in [6, 6.07) is 4.42. The Bertz CT molecular complexity index is 861. The zero-order valence-corrected chi connectivity index (χ0v) is 14.4. The van der Waals surface area contributed by atoms with Crippen LogP contribution in [0.2, 0.25) is 10.0 Å². The maximum absolute atomic E-state index is 12.6. The first-order valence-corrected chi connectivity index (χ1v) is 9.13. The lowest BCUT2D eigenvalue weighted by molar-refractivity contribution is -0.144. The van der Waals surface area contributed by atoms with Crippen LogP contribution in [-0.4, -0.2) is 31.1 Å². The molecule has 0 saturated carbocycles. The predicted molar refractivity (Wildman–Crippen MR) is 85.6 cm³/mol. The quantitative estimate of drug-likeness (QED) is 0.855. The Labute approximate surface area is 145 Å². The lowest BCUT2D eigenvalue weighted by Gasteiger charge is -2.10. The Morgan fingerprint density at radius 1 is 1.35 bits per heavy atom. The zero-order chi connectivity index (χ0) is 16.1. The van der Waals surface area contributed by atoms with Gasteiger partial charge in [0.2, 0.25) is 9.84 Å². The van der Waals surface area contributed by atoms with E-state index in [0.717, 1.165) is 11.3 Å². The number of fused-ring (bicyclic) bond motifs is 1. The first-order valence-electron chi connectivity index (χ1n) is 6.01. The Balaban J connectivity index is 0.00000192. The summed E-state index contributed by atoms with van der Waals surface area (Å²) in [6.07, 6.45) is -1.06. The Kier molecular flexibility index (Phi) is 4.93. The van der Waals surface area contributed by atoms with E-state index in [1.807, 2.05) is 0 Å². The molecule has 1 atom stereocenters. The van der Waals surface area contributed by atoms with Crippen molar-refractivity contribution in [3.63, 3.8) is 0 Å². The molecule has 3 N–H and O–H groups in total. The van der Waals surface area contributed by atoms with Crippen LogP contribution in [0.25, 0.3) is 0 Å². The number of carbonyl (C=O) groups is 1. The van der Waals surface area contributed by atoms with Crippen LogP contribution in [0.4, 0.5) is 0 Å². The summed E-state index contributed by atoms with van der Waals surface area (Å²) in [4.78, 5) is 10.9. The van der Waals surface area contributed by atoms with Gasteiger partial charge in [0, 0.05) is 12.0 Å². The first kappa shape index (κ1) is 18.0. The zero-order valence-electron chi connectivity index (χ0n) is 11.2. The van der Waals surface area contributed by atoms with Gasteiger partial charge in [0.15, 0.2) is 6.10 Å². The fourth-order valence-electron chi connectivity index (χ4n) is 2.16. The maximum Gasteiger partial charge on any atom is 0.345 e. The highest BCUT2D eigenvalue weighted by molar-refractivity contribution is 7.93. The highest BCUT2D eigenvalue weighted by Gasteiger charge is 2.35. The van der Waals surface area contributed by atoms with Gasteiger partial charge in [-0.25, -0.2) is 13.2 Å². The van der Waals surface area contributed by atoms with E-state index in [-0.39, 0.29) is 36.8 Å². The van der Waals surface area contributed by atoms with Crippen LogP contribution in [0, 0.1) is 0 Å². The van der Waals surface area contributed by atoms with Crippen molar-refractivity contribution in [1.29, 1.82) is 0 Å². The molecule has 10 heteroatoms. The summed E-state index contributed by atoms with van der Waals surface area (Å²) in [6.45, 7) is 0. The Hall–Kier alpha value is -1.32. The van der Waals surface area contributed by atoms with E-state index >= 15 is 0 Å². The molecule has 2 aromatic rings. The largest absolute Gasteiger partial charge is 0.478 e. The number of carboxylic acids is 1. The molecule has 2 heterocycles. The molecule has 0 radical (unpaired) electrons. The third kappa shape index (κ3) is 2.92. The molecule has 124 valence electrons. The summed E-state index contributed by atoms with van der Waals surface area (Å²) in [5, 5.41) is 10.4. The van der Waals surface area contributed by atoms with Gasteiger partial charge in [-0.3, -0.25) is 0 Å². The van der Waals surface area contributed by atoms with Gasteiger partial charge in [-0.2, -0.15) is 0 Å². The van der Waals surface area contributed by atoms with E-state index in [9.17, 15) is 13.2 Å². The number of hydrogen-bond donors (Lipinski definition) is 1. The SMILES string of the molecule is O.O=C(O)C1Cc2cc(S(=O)(=O)c3cccs3)c(Cl)c(Cl)c2O1. The number of rotatable bonds is 3. The molecule has 3 rings (SSSR count). The molecule has 1 aliphatic rings. The van der Waals surface area contributed by atoms with Gasteiger partial charge in [-0.05, 0) is 17.5 Å². The minimum atomic E-state index is -3.81. The van der Waals surface area contributed by atoms with E-state index in [0.29, 0.717) is 5.56 Å².